The maximum atomic E-state index is 12.4. The molecule has 0 radical (unpaired) electrons. The molecule has 3 rings (SSSR count). The molecular formula is C17H21N5O4S. The van der Waals surface area contributed by atoms with E-state index in [1.54, 1.807) is 29.9 Å². The Balaban J connectivity index is 1.67. The molecule has 1 fully saturated rings. The van der Waals surface area contributed by atoms with Gasteiger partial charge in [-0.05, 0) is 25.0 Å². The molecular weight excluding hydrogens is 370 g/mol. The van der Waals surface area contributed by atoms with Gasteiger partial charge in [0, 0.05) is 12.0 Å². The zero-order valence-corrected chi connectivity index (χ0v) is 15.9. The van der Waals surface area contributed by atoms with E-state index in [-0.39, 0.29) is 18.2 Å². The molecule has 9 nitrogen and oxygen atoms in total. The van der Waals surface area contributed by atoms with Gasteiger partial charge < -0.3 is 20.5 Å². The van der Waals surface area contributed by atoms with Crippen LogP contribution < -0.4 is 20.5 Å². The molecule has 0 unspecified atom stereocenters. The number of nitrogens with one attached hydrogen (secondary N) is 1. The Morgan fingerprint density at radius 3 is 2.70 bits per heavy atom. The topological polar surface area (TPSA) is 121 Å². The van der Waals surface area contributed by atoms with Crippen molar-refractivity contribution in [1.82, 2.24) is 14.8 Å². The summed E-state index contributed by atoms with van der Waals surface area (Å²) >= 11 is 1.20. The van der Waals surface area contributed by atoms with E-state index in [2.05, 4.69) is 15.5 Å². The lowest BCUT2D eigenvalue weighted by atomic mass is 10.2. The maximum absolute atomic E-state index is 12.4. The van der Waals surface area contributed by atoms with Gasteiger partial charge in [0.1, 0.15) is 23.9 Å². The van der Waals surface area contributed by atoms with Gasteiger partial charge in [0.15, 0.2) is 5.16 Å². The molecule has 0 atom stereocenters. The number of carbonyl (C=O) groups is 2. The fraction of sp³-hybridized carbons (Fsp3) is 0.412. The van der Waals surface area contributed by atoms with Gasteiger partial charge in [-0.25, -0.2) is 0 Å². The molecule has 3 N–H and O–H groups in total. The van der Waals surface area contributed by atoms with Crippen LogP contribution in [0.15, 0.2) is 23.4 Å². The first-order chi connectivity index (χ1) is 13.0. The summed E-state index contributed by atoms with van der Waals surface area (Å²) in [6.45, 7) is 0.00644. The van der Waals surface area contributed by atoms with Crippen molar-refractivity contribution < 1.29 is 19.1 Å². The van der Waals surface area contributed by atoms with E-state index < -0.39 is 5.91 Å². The molecule has 10 heteroatoms. The Kier molecular flexibility index (Phi) is 5.84. The van der Waals surface area contributed by atoms with Crippen molar-refractivity contribution in [2.24, 2.45) is 5.73 Å². The average molecular weight is 391 g/mol. The molecule has 1 aliphatic rings. The van der Waals surface area contributed by atoms with E-state index in [1.165, 1.54) is 18.9 Å². The molecule has 2 amide bonds. The smallest absolute Gasteiger partial charge is 0.237 e. The molecule has 1 aromatic heterocycles. The number of nitrogens with two attached hydrogens (primary N) is 1. The number of thioether (sulfide) groups is 1. The van der Waals surface area contributed by atoms with E-state index in [0.29, 0.717) is 28.3 Å². The average Bonchev–Trinajstić information content (AvgIpc) is 3.41. The summed E-state index contributed by atoms with van der Waals surface area (Å²) in [5.74, 6) is 1.60. The Morgan fingerprint density at radius 1 is 1.30 bits per heavy atom. The van der Waals surface area contributed by atoms with Crippen LogP contribution in [0.3, 0.4) is 0 Å². The Morgan fingerprint density at radius 2 is 2.07 bits per heavy atom. The summed E-state index contributed by atoms with van der Waals surface area (Å²) in [6, 6.07) is 5.14. The van der Waals surface area contributed by atoms with Gasteiger partial charge in [-0.1, -0.05) is 11.8 Å². The van der Waals surface area contributed by atoms with Crippen molar-refractivity contribution >= 4 is 29.3 Å². The number of benzene rings is 1. The largest absolute Gasteiger partial charge is 0.497 e. The molecule has 1 aliphatic carbocycles. The van der Waals surface area contributed by atoms with Gasteiger partial charge in [-0.3, -0.25) is 14.2 Å². The van der Waals surface area contributed by atoms with Crippen molar-refractivity contribution in [2.75, 3.05) is 25.3 Å². The number of rotatable bonds is 9. The van der Waals surface area contributed by atoms with Gasteiger partial charge in [-0.2, -0.15) is 0 Å². The highest BCUT2D eigenvalue weighted by molar-refractivity contribution is 7.99. The van der Waals surface area contributed by atoms with Crippen molar-refractivity contribution in [3.05, 3.63) is 24.0 Å². The highest BCUT2D eigenvalue weighted by atomic mass is 32.2. The van der Waals surface area contributed by atoms with E-state index in [1.807, 2.05) is 0 Å². The van der Waals surface area contributed by atoms with Crippen molar-refractivity contribution in [2.45, 2.75) is 30.5 Å². The Bertz CT molecular complexity index is 850. The standard InChI is InChI=1S/C17H21N5O4S/c1-25-11-5-6-13(26-2)12(7-11)19-15(24)9-27-17-21-20-16(10-3-4-10)22(17)8-14(18)23/h5-7,10H,3-4,8-9H2,1-2H3,(H2,18,23)(H,19,24). The third-order valence-corrected chi connectivity index (χ3v) is 4.98. The molecule has 1 saturated carbocycles. The summed E-state index contributed by atoms with van der Waals surface area (Å²) in [4.78, 5) is 23.7. The fourth-order valence-corrected chi connectivity index (χ4v) is 3.33. The van der Waals surface area contributed by atoms with Gasteiger partial charge >= 0.3 is 0 Å². The molecule has 1 aromatic carbocycles. The monoisotopic (exact) mass is 391 g/mol. The normalized spacial score (nSPS) is 13.3. The van der Waals surface area contributed by atoms with Crippen molar-refractivity contribution in [1.29, 1.82) is 0 Å². The number of nitrogens with zero attached hydrogens (tertiary/aromatic N) is 3. The molecule has 0 saturated heterocycles. The molecule has 0 spiro atoms. The molecule has 1 heterocycles. The van der Waals surface area contributed by atoms with Crippen molar-refractivity contribution in [3.63, 3.8) is 0 Å². The lowest BCUT2D eigenvalue weighted by Crippen LogP contribution is -2.21. The third-order valence-electron chi connectivity index (χ3n) is 4.01. The maximum Gasteiger partial charge on any atom is 0.237 e. The van der Waals surface area contributed by atoms with E-state index in [4.69, 9.17) is 15.2 Å². The summed E-state index contributed by atoms with van der Waals surface area (Å²) in [5.41, 5.74) is 5.84. The minimum absolute atomic E-state index is 0.00644. The molecule has 2 aromatic rings. The number of ether oxygens (including phenoxy) is 2. The van der Waals surface area contributed by atoms with Crippen LogP contribution >= 0.6 is 11.8 Å². The van der Waals surface area contributed by atoms with Crippen molar-refractivity contribution in [3.8, 4) is 11.5 Å². The minimum atomic E-state index is -0.468. The number of hydrogen-bond donors (Lipinski definition) is 2. The molecule has 27 heavy (non-hydrogen) atoms. The van der Waals surface area contributed by atoms with Gasteiger partial charge in [0.2, 0.25) is 11.8 Å². The van der Waals surface area contributed by atoms with Crippen LogP contribution in [0.2, 0.25) is 0 Å². The van der Waals surface area contributed by atoms with E-state index in [0.717, 1.165) is 18.7 Å². The van der Waals surface area contributed by atoms with Gasteiger partial charge in [-0.15, -0.1) is 10.2 Å². The zero-order valence-electron chi connectivity index (χ0n) is 15.1. The van der Waals surface area contributed by atoms with E-state index >= 15 is 0 Å². The Hall–Kier alpha value is -2.75. The zero-order chi connectivity index (χ0) is 19.4. The number of anilines is 1. The second-order valence-electron chi connectivity index (χ2n) is 6.07. The SMILES string of the molecule is COc1ccc(OC)c(NC(=O)CSc2nnc(C3CC3)n2CC(N)=O)c1. The van der Waals surface area contributed by atoms with E-state index in [9.17, 15) is 9.59 Å². The van der Waals surface area contributed by atoms with Crippen LogP contribution in [0.5, 0.6) is 11.5 Å². The molecule has 0 aliphatic heterocycles. The number of amides is 2. The lowest BCUT2D eigenvalue weighted by molar-refractivity contribution is -0.118. The number of methoxy groups -OCH3 is 2. The number of aromatic nitrogens is 3. The van der Waals surface area contributed by atoms with Crippen LogP contribution in [-0.2, 0) is 16.1 Å². The third kappa shape index (κ3) is 4.70. The highest BCUT2D eigenvalue weighted by Crippen LogP contribution is 2.40. The van der Waals surface area contributed by atoms with Crippen LogP contribution in [0.1, 0.15) is 24.6 Å². The summed E-state index contributed by atoms with van der Waals surface area (Å²) in [7, 11) is 3.07. The van der Waals surface area contributed by atoms with Crippen LogP contribution in [-0.4, -0.2) is 46.6 Å². The highest BCUT2D eigenvalue weighted by Gasteiger charge is 2.31. The first kappa shape index (κ1) is 19.0. The molecule has 144 valence electrons. The van der Waals surface area contributed by atoms with Crippen LogP contribution in [0.4, 0.5) is 5.69 Å². The fourth-order valence-electron chi connectivity index (χ4n) is 2.58. The predicted molar refractivity (Wildman–Crippen MR) is 100 cm³/mol. The quantitative estimate of drug-likeness (QED) is 0.620. The summed E-state index contributed by atoms with van der Waals surface area (Å²) in [6.07, 6.45) is 2.05. The second kappa shape index (κ2) is 8.30. The summed E-state index contributed by atoms with van der Waals surface area (Å²) in [5, 5.41) is 11.6. The predicted octanol–water partition coefficient (Wildman–Crippen LogP) is 1.39. The Labute approximate surface area is 160 Å². The van der Waals surface area contributed by atoms with Crippen LogP contribution in [0.25, 0.3) is 0 Å². The number of hydrogen-bond acceptors (Lipinski definition) is 7. The van der Waals surface area contributed by atoms with Gasteiger partial charge in [0.05, 0.1) is 25.7 Å². The van der Waals surface area contributed by atoms with Gasteiger partial charge in [0.25, 0.3) is 0 Å². The van der Waals surface area contributed by atoms with Crippen LogP contribution in [0, 0.1) is 0 Å². The minimum Gasteiger partial charge on any atom is -0.497 e. The first-order valence-corrected chi connectivity index (χ1v) is 9.36. The second-order valence-corrected chi connectivity index (χ2v) is 7.01. The number of carbonyl (C=O) groups excluding carboxylic acids is 2. The number of primary amides is 1. The first-order valence-electron chi connectivity index (χ1n) is 8.38. The molecule has 0 bridgehead atoms. The summed E-state index contributed by atoms with van der Waals surface area (Å²) < 4.78 is 12.1. The lowest BCUT2D eigenvalue weighted by Gasteiger charge is -2.12.